The number of hydrogen-bond donors (Lipinski definition) is 0. The normalized spacial score (nSPS) is 17.9. The minimum Gasteiger partial charge on any atom is -0.0870 e. The van der Waals surface area contributed by atoms with Gasteiger partial charge in [0.25, 0.3) is 0 Å². The van der Waals surface area contributed by atoms with Crippen LogP contribution < -0.4 is 0 Å². The minimum atomic E-state index is 0.624. The number of fused-ring (bicyclic) bond motifs is 3. The average molecular weight is 262 g/mol. The molecule has 0 amide bonds. The van der Waals surface area contributed by atoms with Crippen molar-refractivity contribution in [3.05, 3.63) is 58.7 Å². The van der Waals surface area contributed by atoms with E-state index in [9.17, 15) is 0 Å². The second kappa shape index (κ2) is 5.28. The van der Waals surface area contributed by atoms with Crippen molar-refractivity contribution in [3.8, 4) is 0 Å². The van der Waals surface area contributed by atoms with E-state index in [-0.39, 0.29) is 0 Å². The molecular formula is C20H22. The molecule has 20 heavy (non-hydrogen) atoms. The fourth-order valence-electron chi connectivity index (χ4n) is 3.56. The molecule has 0 nitrogen and oxygen atoms in total. The fraction of sp³-hybridized carbons (Fsp3) is 0.300. The first kappa shape index (κ1) is 13.2. The summed E-state index contributed by atoms with van der Waals surface area (Å²) in [4.78, 5) is 0. The Bertz CT molecular complexity index is 687. The van der Waals surface area contributed by atoms with Crippen LogP contribution >= 0.6 is 0 Å². The Morgan fingerprint density at radius 2 is 1.95 bits per heavy atom. The lowest BCUT2D eigenvalue weighted by atomic mass is 9.79. The van der Waals surface area contributed by atoms with Crippen LogP contribution in [-0.4, -0.2) is 0 Å². The van der Waals surface area contributed by atoms with E-state index in [0.29, 0.717) is 5.92 Å². The molecule has 0 heteroatoms. The minimum absolute atomic E-state index is 0.624. The van der Waals surface area contributed by atoms with E-state index in [1.165, 1.54) is 27.5 Å². The van der Waals surface area contributed by atoms with Crippen molar-refractivity contribution in [3.63, 3.8) is 0 Å². The van der Waals surface area contributed by atoms with Crippen LogP contribution in [0.25, 0.3) is 22.9 Å². The van der Waals surface area contributed by atoms with Gasteiger partial charge in [0.05, 0.1) is 0 Å². The van der Waals surface area contributed by atoms with Gasteiger partial charge >= 0.3 is 0 Å². The van der Waals surface area contributed by atoms with E-state index in [1.54, 1.807) is 5.56 Å². The molecule has 0 spiro atoms. The van der Waals surface area contributed by atoms with E-state index in [0.717, 1.165) is 12.8 Å². The van der Waals surface area contributed by atoms with Gasteiger partial charge in [-0.1, -0.05) is 62.4 Å². The summed E-state index contributed by atoms with van der Waals surface area (Å²) < 4.78 is 0. The molecule has 0 N–H and O–H groups in total. The maximum Gasteiger partial charge on any atom is -0.0102 e. The molecule has 1 atom stereocenters. The summed E-state index contributed by atoms with van der Waals surface area (Å²) in [5.41, 5.74) is 5.98. The molecule has 0 aromatic heterocycles. The summed E-state index contributed by atoms with van der Waals surface area (Å²) in [6, 6.07) is 8.83. The zero-order chi connectivity index (χ0) is 14.1. The van der Waals surface area contributed by atoms with Crippen LogP contribution in [0.5, 0.6) is 0 Å². The Morgan fingerprint density at radius 3 is 2.65 bits per heavy atom. The Morgan fingerprint density at radius 1 is 1.20 bits per heavy atom. The van der Waals surface area contributed by atoms with Crippen molar-refractivity contribution in [1.82, 2.24) is 0 Å². The van der Waals surface area contributed by atoms with E-state index >= 15 is 0 Å². The first-order valence-corrected chi connectivity index (χ1v) is 7.64. The van der Waals surface area contributed by atoms with Gasteiger partial charge < -0.3 is 0 Å². The van der Waals surface area contributed by atoms with Crippen molar-refractivity contribution >= 4 is 22.9 Å². The van der Waals surface area contributed by atoms with E-state index in [1.807, 2.05) is 0 Å². The molecule has 3 rings (SSSR count). The SMILES string of the molecule is C/C=C\c1c(CC)c2c(c3ccccc13)C=CCC2C. The molecular weight excluding hydrogens is 240 g/mol. The van der Waals surface area contributed by atoms with Crippen molar-refractivity contribution in [2.24, 2.45) is 0 Å². The Labute approximate surface area is 121 Å². The molecule has 2 aromatic rings. The molecule has 0 radical (unpaired) electrons. The lowest BCUT2D eigenvalue weighted by Gasteiger charge is -2.25. The largest absolute Gasteiger partial charge is 0.0870 e. The summed E-state index contributed by atoms with van der Waals surface area (Å²) in [5, 5.41) is 2.79. The molecule has 0 aliphatic heterocycles. The van der Waals surface area contributed by atoms with E-state index < -0.39 is 0 Å². The summed E-state index contributed by atoms with van der Waals surface area (Å²) in [6.45, 7) is 6.75. The molecule has 1 unspecified atom stereocenters. The van der Waals surface area contributed by atoms with Gasteiger partial charge in [0.15, 0.2) is 0 Å². The van der Waals surface area contributed by atoms with Crippen LogP contribution in [0.4, 0.5) is 0 Å². The highest BCUT2D eigenvalue weighted by Gasteiger charge is 2.21. The van der Waals surface area contributed by atoms with Crippen molar-refractivity contribution < 1.29 is 0 Å². The Hall–Kier alpha value is -1.82. The van der Waals surface area contributed by atoms with Crippen LogP contribution in [0.1, 0.15) is 55.4 Å². The Balaban J connectivity index is 2.50. The van der Waals surface area contributed by atoms with Crippen molar-refractivity contribution in [2.45, 2.75) is 39.5 Å². The summed E-state index contributed by atoms with van der Waals surface area (Å²) in [7, 11) is 0. The first-order valence-electron chi connectivity index (χ1n) is 7.64. The zero-order valence-electron chi connectivity index (χ0n) is 12.6. The molecule has 1 aliphatic carbocycles. The predicted octanol–water partition coefficient (Wildman–Crippen LogP) is 5.96. The average Bonchev–Trinajstić information content (AvgIpc) is 2.48. The third-order valence-electron chi connectivity index (χ3n) is 4.40. The molecule has 0 heterocycles. The topological polar surface area (TPSA) is 0 Å². The maximum atomic E-state index is 2.36. The smallest absolute Gasteiger partial charge is 0.0102 e. The van der Waals surface area contributed by atoms with Gasteiger partial charge in [-0.15, -0.1) is 0 Å². The van der Waals surface area contributed by atoms with Gasteiger partial charge in [-0.2, -0.15) is 0 Å². The van der Waals surface area contributed by atoms with Crippen LogP contribution in [0, 0.1) is 0 Å². The maximum absolute atomic E-state index is 2.36. The van der Waals surface area contributed by atoms with Crippen LogP contribution in [-0.2, 0) is 6.42 Å². The lowest BCUT2D eigenvalue weighted by molar-refractivity contribution is 0.760. The van der Waals surface area contributed by atoms with Gasteiger partial charge in [-0.25, -0.2) is 0 Å². The van der Waals surface area contributed by atoms with Gasteiger partial charge in [0.1, 0.15) is 0 Å². The summed E-state index contributed by atoms with van der Waals surface area (Å²) in [5.74, 6) is 0.624. The van der Waals surface area contributed by atoms with E-state index in [2.05, 4.69) is 69.3 Å². The standard InChI is InChI=1S/C20H22/c1-4-9-16-15(5-2)20-14(3)10-8-13-19(20)18-12-7-6-11-17(16)18/h4,6-9,11-14H,5,10H2,1-3H3/b9-4-. The highest BCUT2D eigenvalue weighted by atomic mass is 14.2. The molecule has 0 bridgehead atoms. The molecule has 0 saturated heterocycles. The summed E-state index contributed by atoms with van der Waals surface area (Å²) in [6.07, 6.45) is 11.4. The molecule has 102 valence electrons. The first-order chi connectivity index (χ1) is 9.77. The quantitative estimate of drug-likeness (QED) is 0.626. The fourth-order valence-corrected chi connectivity index (χ4v) is 3.56. The third-order valence-corrected chi connectivity index (χ3v) is 4.40. The highest BCUT2D eigenvalue weighted by molar-refractivity contribution is 5.99. The monoisotopic (exact) mass is 262 g/mol. The lowest BCUT2D eigenvalue weighted by Crippen LogP contribution is -2.07. The van der Waals surface area contributed by atoms with Crippen LogP contribution in [0.3, 0.4) is 0 Å². The van der Waals surface area contributed by atoms with Gasteiger partial charge in [0, 0.05) is 0 Å². The zero-order valence-corrected chi connectivity index (χ0v) is 12.6. The number of hydrogen-bond acceptors (Lipinski definition) is 0. The third kappa shape index (κ3) is 1.91. The molecule has 0 saturated carbocycles. The van der Waals surface area contributed by atoms with Crippen molar-refractivity contribution in [2.75, 3.05) is 0 Å². The van der Waals surface area contributed by atoms with Gasteiger partial charge in [0.2, 0.25) is 0 Å². The molecule has 0 fully saturated rings. The number of rotatable bonds is 2. The summed E-state index contributed by atoms with van der Waals surface area (Å²) >= 11 is 0. The van der Waals surface area contributed by atoms with Crippen LogP contribution in [0.15, 0.2) is 36.4 Å². The highest BCUT2D eigenvalue weighted by Crippen LogP contribution is 2.40. The number of allylic oxidation sites excluding steroid dienone is 2. The number of benzene rings is 2. The van der Waals surface area contributed by atoms with Crippen LogP contribution in [0.2, 0.25) is 0 Å². The Kier molecular flexibility index (Phi) is 3.48. The predicted molar refractivity (Wildman–Crippen MR) is 90.1 cm³/mol. The van der Waals surface area contributed by atoms with Gasteiger partial charge in [-0.05, 0) is 58.7 Å². The molecule has 2 aromatic carbocycles. The molecule has 1 aliphatic rings. The second-order valence-electron chi connectivity index (χ2n) is 5.66. The van der Waals surface area contributed by atoms with E-state index in [4.69, 9.17) is 0 Å². The van der Waals surface area contributed by atoms with Crippen molar-refractivity contribution in [1.29, 1.82) is 0 Å². The second-order valence-corrected chi connectivity index (χ2v) is 5.66. The van der Waals surface area contributed by atoms with Gasteiger partial charge in [-0.3, -0.25) is 0 Å².